The Balaban J connectivity index is 0.00000220. The third-order valence-electron chi connectivity index (χ3n) is 3.16. The van der Waals surface area contributed by atoms with Crippen molar-refractivity contribution >= 4 is 45.6 Å². The molecule has 0 spiro atoms. The number of halogens is 3. The van der Waals surface area contributed by atoms with Crippen molar-refractivity contribution in [1.82, 2.24) is 9.62 Å². The molecule has 9 heteroatoms. The van der Waals surface area contributed by atoms with Gasteiger partial charge in [-0.25, -0.2) is 8.42 Å². The minimum atomic E-state index is -3.65. The minimum absolute atomic E-state index is 0. The van der Waals surface area contributed by atoms with Crippen LogP contribution in [0.5, 0.6) is 5.75 Å². The quantitative estimate of drug-likeness (QED) is 0.881. The van der Waals surface area contributed by atoms with Gasteiger partial charge in [-0.3, -0.25) is 0 Å². The zero-order chi connectivity index (χ0) is 14.9. The van der Waals surface area contributed by atoms with Crippen LogP contribution in [0, 0.1) is 0 Å². The van der Waals surface area contributed by atoms with Crippen LogP contribution >= 0.6 is 35.6 Å². The lowest BCUT2D eigenvalue weighted by molar-refractivity contribution is 0.310. The molecule has 2 rings (SSSR count). The van der Waals surface area contributed by atoms with Crippen molar-refractivity contribution < 1.29 is 13.2 Å². The summed E-state index contributed by atoms with van der Waals surface area (Å²) in [6.45, 7) is 3.36. The van der Waals surface area contributed by atoms with E-state index in [1.54, 1.807) is 0 Å². The van der Waals surface area contributed by atoms with Gasteiger partial charge < -0.3 is 10.1 Å². The molecule has 120 valence electrons. The summed E-state index contributed by atoms with van der Waals surface area (Å²) in [6.07, 6.45) is 0. The van der Waals surface area contributed by atoms with E-state index < -0.39 is 10.0 Å². The van der Waals surface area contributed by atoms with Crippen LogP contribution in [0.3, 0.4) is 0 Å². The van der Waals surface area contributed by atoms with Gasteiger partial charge in [0.2, 0.25) is 10.0 Å². The van der Waals surface area contributed by atoms with Crippen LogP contribution in [0.2, 0.25) is 10.0 Å². The topological polar surface area (TPSA) is 58.6 Å². The SMILES string of the molecule is COc1cc(Cl)c(S(=O)(=O)N2CCNC(C)C2)cc1Cl.Cl. The first kappa shape index (κ1) is 18.8. The first-order valence-electron chi connectivity index (χ1n) is 6.13. The lowest BCUT2D eigenvalue weighted by Gasteiger charge is -2.31. The van der Waals surface area contributed by atoms with Gasteiger partial charge in [0.05, 0.1) is 17.2 Å². The fraction of sp³-hybridized carbons (Fsp3) is 0.500. The van der Waals surface area contributed by atoms with Gasteiger partial charge in [0.1, 0.15) is 10.6 Å². The van der Waals surface area contributed by atoms with E-state index in [1.165, 1.54) is 23.5 Å². The van der Waals surface area contributed by atoms with E-state index in [-0.39, 0.29) is 33.4 Å². The van der Waals surface area contributed by atoms with Gasteiger partial charge in [-0.15, -0.1) is 12.4 Å². The van der Waals surface area contributed by atoms with Crippen LogP contribution in [0.15, 0.2) is 17.0 Å². The second-order valence-corrected chi connectivity index (χ2v) is 7.36. The fourth-order valence-corrected chi connectivity index (χ4v) is 4.47. The molecule has 21 heavy (non-hydrogen) atoms. The summed E-state index contributed by atoms with van der Waals surface area (Å²) in [5.74, 6) is 0.351. The number of ether oxygens (including phenoxy) is 1. The van der Waals surface area contributed by atoms with E-state index in [0.29, 0.717) is 25.4 Å². The molecule has 1 atom stereocenters. The molecule has 1 unspecified atom stereocenters. The minimum Gasteiger partial charge on any atom is -0.495 e. The van der Waals surface area contributed by atoms with Crippen molar-refractivity contribution in [1.29, 1.82) is 0 Å². The number of rotatable bonds is 3. The Morgan fingerprint density at radius 1 is 1.33 bits per heavy atom. The second kappa shape index (κ2) is 7.35. The van der Waals surface area contributed by atoms with Crippen LogP contribution < -0.4 is 10.1 Å². The van der Waals surface area contributed by atoms with Crippen LogP contribution in [0.4, 0.5) is 0 Å². The number of nitrogens with zero attached hydrogens (tertiary/aromatic N) is 1. The molecule has 1 aromatic carbocycles. The summed E-state index contributed by atoms with van der Waals surface area (Å²) in [4.78, 5) is 0.0130. The number of nitrogens with one attached hydrogen (secondary N) is 1. The second-order valence-electron chi connectivity index (χ2n) is 4.64. The van der Waals surface area contributed by atoms with Gasteiger partial charge >= 0.3 is 0 Å². The largest absolute Gasteiger partial charge is 0.495 e. The lowest BCUT2D eigenvalue weighted by Crippen LogP contribution is -2.51. The smallest absolute Gasteiger partial charge is 0.244 e. The Hall–Kier alpha value is -0.240. The average molecular weight is 376 g/mol. The van der Waals surface area contributed by atoms with Crippen LogP contribution in [0.1, 0.15) is 6.92 Å². The Morgan fingerprint density at radius 3 is 2.57 bits per heavy atom. The summed E-state index contributed by atoms with van der Waals surface area (Å²) < 4.78 is 31.7. The van der Waals surface area contributed by atoms with Gasteiger partial charge in [-0.2, -0.15) is 4.31 Å². The van der Waals surface area contributed by atoms with Crippen LogP contribution in [0.25, 0.3) is 0 Å². The Kier molecular flexibility index (Phi) is 6.58. The first-order valence-corrected chi connectivity index (χ1v) is 8.32. The summed E-state index contributed by atoms with van der Waals surface area (Å²) in [6, 6.07) is 2.86. The van der Waals surface area contributed by atoms with Gasteiger partial charge in [-0.05, 0) is 13.0 Å². The molecule has 0 saturated carbocycles. The molecule has 1 heterocycles. The van der Waals surface area contributed by atoms with E-state index in [1.807, 2.05) is 6.92 Å². The maximum absolute atomic E-state index is 12.6. The molecular formula is C12H17Cl3N2O3S. The van der Waals surface area contributed by atoms with E-state index in [4.69, 9.17) is 27.9 Å². The van der Waals surface area contributed by atoms with Crippen molar-refractivity contribution in [3.8, 4) is 5.75 Å². The number of hydrogen-bond donors (Lipinski definition) is 1. The van der Waals surface area contributed by atoms with E-state index in [2.05, 4.69) is 5.32 Å². The molecule has 1 aliphatic heterocycles. The van der Waals surface area contributed by atoms with Gasteiger partial charge in [0.25, 0.3) is 0 Å². The number of piperazine rings is 1. The summed E-state index contributed by atoms with van der Waals surface area (Å²) in [5.41, 5.74) is 0. The molecule has 1 saturated heterocycles. The van der Waals surface area contributed by atoms with Crippen LogP contribution in [-0.2, 0) is 10.0 Å². The molecule has 0 aliphatic carbocycles. The van der Waals surface area contributed by atoms with Crippen LogP contribution in [-0.4, -0.2) is 45.5 Å². The molecule has 0 radical (unpaired) electrons. The number of sulfonamides is 1. The highest BCUT2D eigenvalue weighted by Crippen LogP contribution is 2.34. The number of hydrogen-bond acceptors (Lipinski definition) is 4. The molecule has 1 N–H and O–H groups in total. The molecule has 1 fully saturated rings. The van der Waals surface area contributed by atoms with Crippen molar-refractivity contribution in [2.75, 3.05) is 26.7 Å². The number of methoxy groups -OCH3 is 1. The van der Waals surface area contributed by atoms with E-state index in [9.17, 15) is 8.42 Å². The van der Waals surface area contributed by atoms with Gasteiger partial charge in [0, 0.05) is 31.7 Å². The Labute approximate surface area is 141 Å². The molecule has 0 bridgehead atoms. The fourth-order valence-electron chi connectivity index (χ4n) is 2.12. The highest BCUT2D eigenvalue weighted by Gasteiger charge is 2.30. The van der Waals surface area contributed by atoms with E-state index >= 15 is 0 Å². The standard InChI is InChI=1S/C12H16Cl2N2O3S.ClH/c1-8-7-16(4-3-15-8)20(17,18)12-6-9(13)11(19-2)5-10(12)14;/h5-6,8,15H,3-4,7H2,1-2H3;1H. The lowest BCUT2D eigenvalue weighted by atomic mass is 10.3. The molecular weight excluding hydrogens is 359 g/mol. The normalized spacial score (nSPS) is 19.9. The first-order chi connectivity index (χ1) is 9.36. The van der Waals surface area contributed by atoms with Crippen molar-refractivity contribution in [2.45, 2.75) is 17.9 Å². The van der Waals surface area contributed by atoms with Gasteiger partial charge in [0.15, 0.2) is 0 Å². The Bertz CT molecular complexity index is 610. The number of benzene rings is 1. The van der Waals surface area contributed by atoms with Crippen molar-refractivity contribution in [2.24, 2.45) is 0 Å². The molecule has 0 aromatic heterocycles. The molecule has 1 aliphatic rings. The summed E-state index contributed by atoms with van der Waals surface area (Å²) in [5, 5.41) is 3.52. The van der Waals surface area contributed by atoms with Crippen molar-refractivity contribution in [3.63, 3.8) is 0 Å². The third-order valence-corrected chi connectivity index (χ3v) is 5.78. The Morgan fingerprint density at radius 2 is 2.00 bits per heavy atom. The zero-order valence-corrected chi connectivity index (χ0v) is 14.7. The summed E-state index contributed by atoms with van der Waals surface area (Å²) in [7, 11) is -2.20. The van der Waals surface area contributed by atoms with Gasteiger partial charge in [-0.1, -0.05) is 23.2 Å². The maximum Gasteiger partial charge on any atom is 0.244 e. The zero-order valence-electron chi connectivity index (χ0n) is 11.6. The highest BCUT2D eigenvalue weighted by atomic mass is 35.5. The monoisotopic (exact) mass is 374 g/mol. The highest BCUT2D eigenvalue weighted by molar-refractivity contribution is 7.89. The molecule has 1 aromatic rings. The van der Waals surface area contributed by atoms with Crippen molar-refractivity contribution in [3.05, 3.63) is 22.2 Å². The predicted molar refractivity (Wildman–Crippen MR) is 86.5 cm³/mol. The third kappa shape index (κ3) is 3.94. The molecule has 5 nitrogen and oxygen atoms in total. The molecule has 0 amide bonds. The average Bonchev–Trinajstić information content (AvgIpc) is 2.40. The summed E-state index contributed by atoms with van der Waals surface area (Å²) >= 11 is 12.1. The maximum atomic E-state index is 12.6. The van der Waals surface area contributed by atoms with E-state index in [0.717, 1.165) is 0 Å². The predicted octanol–water partition coefficient (Wildman–Crippen LogP) is 2.41.